The molecule has 0 aromatic heterocycles. The third-order valence-corrected chi connectivity index (χ3v) is 3.50. The van der Waals surface area contributed by atoms with Crippen LogP contribution in [0.5, 0.6) is 0 Å². The van der Waals surface area contributed by atoms with E-state index in [-0.39, 0.29) is 24.2 Å². The number of hydrogen-bond donors (Lipinski definition) is 2. The van der Waals surface area contributed by atoms with E-state index in [0.29, 0.717) is 0 Å². The lowest BCUT2D eigenvalue weighted by molar-refractivity contribution is 0.0322. The van der Waals surface area contributed by atoms with E-state index >= 15 is 0 Å². The van der Waals surface area contributed by atoms with Gasteiger partial charge in [0.15, 0.2) is 0 Å². The molecule has 3 atom stereocenters. The fourth-order valence-corrected chi connectivity index (χ4v) is 2.41. The van der Waals surface area contributed by atoms with Crippen LogP contribution in [-0.4, -0.2) is 30.5 Å². The second-order valence-electron chi connectivity index (χ2n) is 3.98. The van der Waals surface area contributed by atoms with Gasteiger partial charge in [-0.3, -0.25) is 0 Å². The Morgan fingerprint density at radius 1 is 1.69 bits per heavy atom. The summed E-state index contributed by atoms with van der Waals surface area (Å²) < 4.78 is 5.55. The third-order valence-electron chi connectivity index (χ3n) is 3.50. The van der Waals surface area contributed by atoms with Crippen LogP contribution in [0, 0.1) is 5.41 Å². The number of aliphatic hydroxyl groups excluding tert-OH is 1. The van der Waals surface area contributed by atoms with Crippen molar-refractivity contribution in [2.24, 2.45) is 11.1 Å². The average molecular weight is 187 g/mol. The molecule has 0 radical (unpaired) electrons. The minimum absolute atomic E-state index is 0.0174. The lowest BCUT2D eigenvalue weighted by Gasteiger charge is -2.37. The van der Waals surface area contributed by atoms with Crippen molar-refractivity contribution >= 4 is 0 Å². The summed E-state index contributed by atoms with van der Waals surface area (Å²) in [7, 11) is 0. The highest BCUT2D eigenvalue weighted by atomic mass is 16.5. The standard InChI is InChI=1S/C10H21NO2/c1-3-9(11)10(4-6-12)5-7-13-8(10)2/h8-9,12H,3-7,11H2,1-2H3. The average Bonchev–Trinajstić information content (AvgIpc) is 2.48. The maximum atomic E-state index is 9.04. The maximum absolute atomic E-state index is 9.04. The summed E-state index contributed by atoms with van der Waals surface area (Å²) in [4.78, 5) is 0. The van der Waals surface area contributed by atoms with Gasteiger partial charge in [-0.1, -0.05) is 6.92 Å². The minimum Gasteiger partial charge on any atom is -0.396 e. The molecular formula is C10H21NO2. The van der Waals surface area contributed by atoms with Gasteiger partial charge < -0.3 is 15.6 Å². The summed E-state index contributed by atoms with van der Waals surface area (Å²) in [6, 6.07) is 0.150. The molecule has 1 fully saturated rings. The SMILES string of the molecule is CCC(N)C1(CCO)CCOC1C. The molecule has 0 spiro atoms. The molecule has 1 aliphatic heterocycles. The number of nitrogens with two attached hydrogens (primary N) is 1. The van der Waals surface area contributed by atoms with Gasteiger partial charge in [0.05, 0.1) is 6.10 Å². The first-order valence-corrected chi connectivity index (χ1v) is 5.15. The first-order chi connectivity index (χ1) is 6.17. The zero-order valence-corrected chi connectivity index (χ0v) is 8.62. The third kappa shape index (κ3) is 1.87. The Hall–Kier alpha value is -0.120. The van der Waals surface area contributed by atoms with E-state index in [1.54, 1.807) is 0 Å². The summed E-state index contributed by atoms with van der Waals surface area (Å²) >= 11 is 0. The van der Waals surface area contributed by atoms with Crippen LogP contribution in [0.3, 0.4) is 0 Å². The first kappa shape index (κ1) is 11.0. The number of hydrogen-bond acceptors (Lipinski definition) is 3. The van der Waals surface area contributed by atoms with Crippen molar-refractivity contribution in [3.05, 3.63) is 0 Å². The Balaban J connectivity index is 2.73. The monoisotopic (exact) mass is 187 g/mol. The van der Waals surface area contributed by atoms with Gasteiger partial charge >= 0.3 is 0 Å². The first-order valence-electron chi connectivity index (χ1n) is 5.15. The maximum Gasteiger partial charge on any atom is 0.0619 e. The van der Waals surface area contributed by atoms with Gasteiger partial charge in [0.2, 0.25) is 0 Å². The molecule has 1 aliphatic rings. The number of aliphatic hydroxyl groups is 1. The van der Waals surface area contributed by atoms with Gasteiger partial charge in [0, 0.05) is 24.7 Å². The summed E-state index contributed by atoms with van der Waals surface area (Å²) in [6.45, 7) is 5.16. The fraction of sp³-hybridized carbons (Fsp3) is 1.00. The van der Waals surface area contributed by atoms with Gasteiger partial charge in [0.1, 0.15) is 0 Å². The molecule has 0 aliphatic carbocycles. The van der Waals surface area contributed by atoms with E-state index in [9.17, 15) is 0 Å². The molecule has 78 valence electrons. The van der Waals surface area contributed by atoms with E-state index < -0.39 is 0 Å². The van der Waals surface area contributed by atoms with Gasteiger partial charge in [-0.05, 0) is 26.2 Å². The zero-order valence-electron chi connectivity index (χ0n) is 8.62. The van der Waals surface area contributed by atoms with E-state index in [1.807, 2.05) is 0 Å². The van der Waals surface area contributed by atoms with E-state index in [1.165, 1.54) is 0 Å². The molecule has 13 heavy (non-hydrogen) atoms. The molecule has 0 aromatic rings. The molecule has 3 N–H and O–H groups in total. The summed E-state index contributed by atoms with van der Waals surface area (Å²) in [5.74, 6) is 0. The van der Waals surface area contributed by atoms with Crippen LogP contribution in [0.25, 0.3) is 0 Å². The van der Waals surface area contributed by atoms with Crippen LogP contribution < -0.4 is 5.73 Å². The molecule has 0 aromatic carbocycles. The second-order valence-corrected chi connectivity index (χ2v) is 3.98. The molecule has 0 bridgehead atoms. The highest BCUT2D eigenvalue weighted by Gasteiger charge is 2.44. The predicted octanol–water partition coefficient (Wildman–Crippen LogP) is 0.901. The predicted molar refractivity (Wildman–Crippen MR) is 52.4 cm³/mol. The lowest BCUT2D eigenvalue weighted by Crippen LogP contribution is -2.46. The molecule has 3 nitrogen and oxygen atoms in total. The molecule has 3 unspecified atom stereocenters. The van der Waals surface area contributed by atoms with Crippen molar-refractivity contribution in [1.29, 1.82) is 0 Å². The number of ether oxygens (including phenoxy) is 1. The van der Waals surface area contributed by atoms with Crippen molar-refractivity contribution in [3.8, 4) is 0 Å². The normalized spacial score (nSPS) is 36.5. The van der Waals surface area contributed by atoms with Crippen molar-refractivity contribution in [3.63, 3.8) is 0 Å². The molecule has 1 saturated heterocycles. The molecule has 3 heteroatoms. The Morgan fingerprint density at radius 3 is 2.77 bits per heavy atom. The Bertz CT molecular complexity index is 163. The van der Waals surface area contributed by atoms with Gasteiger partial charge in [-0.2, -0.15) is 0 Å². The Morgan fingerprint density at radius 2 is 2.38 bits per heavy atom. The second kappa shape index (κ2) is 4.40. The van der Waals surface area contributed by atoms with E-state index in [2.05, 4.69) is 13.8 Å². The Kier molecular flexibility index (Phi) is 3.71. The van der Waals surface area contributed by atoms with E-state index in [0.717, 1.165) is 25.9 Å². The Labute approximate surface area is 80.3 Å². The van der Waals surface area contributed by atoms with Crippen molar-refractivity contribution in [2.75, 3.05) is 13.2 Å². The van der Waals surface area contributed by atoms with Gasteiger partial charge in [-0.25, -0.2) is 0 Å². The van der Waals surface area contributed by atoms with Crippen LogP contribution in [0.1, 0.15) is 33.1 Å². The van der Waals surface area contributed by atoms with Crippen LogP contribution in [-0.2, 0) is 4.74 Å². The van der Waals surface area contributed by atoms with Crippen molar-refractivity contribution < 1.29 is 9.84 Å². The molecule has 1 rings (SSSR count). The molecule has 1 heterocycles. The summed E-state index contributed by atoms with van der Waals surface area (Å²) in [5, 5.41) is 9.04. The quantitative estimate of drug-likeness (QED) is 0.687. The largest absolute Gasteiger partial charge is 0.396 e. The summed E-state index contributed by atoms with van der Waals surface area (Å²) in [5.41, 5.74) is 6.12. The molecular weight excluding hydrogens is 166 g/mol. The van der Waals surface area contributed by atoms with Crippen LogP contribution in [0.4, 0.5) is 0 Å². The van der Waals surface area contributed by atoms with Crippen LogP contribution >= 0.6 is 0 Å². The van der Waals surface area contributed by atoms with E-state index in [4.69, 9.17) is 15.6 Å². The van der Waals surface area contributed by atoms with Gasteiger partial charge in [-0.15, -0.1) is 0 Å². The van der Waals surface area contributed by atoms with Crippen LogP contribution in [0.15, 0.2) is 0 Å². The minimum atomic E-state index is 0.0174. The van der Waals surface area contributed by atoms with Gasteiger partial charge in [0.25, 0.3) is 0 Å². The number of rotatable bonds is 4. The fourth-order valence-electron chi connectivity index (χ4n) is 2.41. The molecule has 0 saturated carbocycles. The van der Waals surface area contributed by atoms with Crippen LogP contribution in [0.2, 0.25) is 0 Å². The zero-order chi connectivity index (χ0) is 9.90. The smallest absolute Gasteiger partial charge is 0.0619 e. The highest BCUT2D eigenvalue weighted by molar-refractivity contribution is 4.96. The van der Waals surface area contributed by atoms with Crippen molar-refractivity contribution in [1.82, 2.24) is 0 Å². The van der Waals surface area contributed by atoms with Crippen molar-refractivity contribution in [2.45, 2.75) is 45.3 Å². The summed E-state index contributed by atoms with van der Waals surface area (Å²) in [6.07, 6.45) is 2.90. The highest BCUT2D eigenvalue weighted by Crippen LogP contribution is 2.41. The lowest BCUT2D eigenvalue weighted by atomic mass is 9.72. The molecule has 0 amide bonds. The topological polar surface area (TPSA) is 55.5 Å².